The largest absolute Gasteiger partial charge is 0.492 e. The van der Waals surface area contributed by atoms with E-state index in [2.05, 4.69) is 26.8 Å². The van der Waals surface area contributed by atoms with E-state index in [4.69, 9.17) is 9.47 Å². The van der Waals surface area contributed by atoms with Crippen molar-refractivity contribution in [1.82, 2.24) is 10.9 Å². The molecule has 0 bridgehead atoms. The van der Waals surface area contributed by atoms with Crippen LogP contribution in [-0.4, -0.2) is 24.5 Å². The predicted molar refractivity (Wildman–Crippen MR) is 139 cm³/mol. The van der Waals surface area contributed by atoms with E-state index >= 15 is 0 Å². The lowest BCUT2D eigenvalue weighted by molar-refractivity contribution is -0.128. The highest BCUT2D eigenvalue weighted by atomic mass is 79.9. The smallest absolute Gasteiger partial charge is 0.279 e. The molecular weight excluding hydrogens is 508 g/mol. The average molecular weight is 533 g/mol. The highest BCUT2D eigenvalue weighted by molar-refractivity contribution is 9.10. The van der Waals surface area contributed by atoms with E-state index in [1.165, 1.54) is 0 Å². The SMILES string of the molecule is CC(Oc1ccc2ccccc2c1)C(=O)NNC(=O)c1cc(Br)ccc1OCCc1ccccc1. The number of amides is 2. The van der Waals surface area contributed by atoms with Crippen LogP contribution in [0.1, 0.15) is 22.8 Å². The van der Waals surface area contributed by atoms with Gasteiger partial charge in [0, 0.05) is 10.9 Å². The second-order valence-electron chi connectivity index (χ2n) is 7.94. The van der Waals surface area contributed by atoms with Crippen LogP contribution in [-0.2, 0) is 11.2 Å². The third-order valence-corrected chi connectivity index (χ3v) is 5.87. The van der Waals surface area contributed by atoms with Gasteiger partial charge in [-0.1, -0.05) is 76.6 Å². The lowest BCUT2D eigenvalue weighted by Gasteiger charge is -2.16. The summed E-state index contributed by atoms with van der Waals surface area (Å²) in [7, 11) is 0. The number of hydrazine groups is 1. The third kappa shape index (κ3) is 6.61. The minimum Gasteiger partial charge on any atom is -0.492 e. The molecule has 4 aromatic rings. The maximum Gasteiger partial charge on any atom is 0.279 e. The maximum absolute atomic E-state index is 12.8. The van der Waals surface area contributed by atoms with Gasteiger partial charge in [-0.05, 0) is 53.6 Å². The summed E-state index contributed by atoms with van der Waals surface area (Å²) in [5.41, 5.74) is 6.33. The monoisotopic (exact) mass is 532 g/mol. The first-order valence-electron chi connectivity index (χ1n) is 11.2. The van der Waals surface area contributed by atoms with E-state index < -0.39 is 17.9 Å². The van der Waals surface area contributed by atoms with Crippen molar-refractivity contribution in [2.75, 3.05) is 6.61 Å². The number of carbonyl (C=O) groups excluding carboxylic acids is 2. The summed E-state index contributed by atoms with van der Waals surface area (Å²) >= 11 is 3.38. The number of halogens is 1. The molecule has 0 aliphatic carbocycles. The van der Waals surface area contributed by atoms with Crippen LogP contribution in [0.25, 0.3) is 10.8 Å². The number of ether oxygens (including phenoxy) is 2. The summed E-state index contributed by atoms with van der Waals surface area (Å²) in [5.74, 6) is 0.0235. The Balaban J connectivity index is 1.33. The maximum atomic E-state index is 12.8. The molecule has 0 saturated heterocycles. The van der Waals surface area contributed by atoms with E-state index in [0.29, 0.717) is 30.1 Å². The van der Waals surface area contributed by atoms with Gasteiger partial charge in [0.1, 0.15) is 11.5 Å². The first kappa shape index (κ1) is 24.3. The first-order valence-corrected chi connectivity index (χ1v) is 12.0. The molecule has 0 aromatic heterocycles. The Morgan fingerprint density at radius 2 is 1.60 bits per heavy atom. The molecule has 0 fully saturated rings. The van der Waals surface area contributed by atoms with Crippen LogP contribution in [0, 0.1) is 0 Å². The Morgan fingerprint density at radius 1 is 0.857 bits per heavy atom. The first-order chi connectivity index (χ1) is 17.0. The van der Waals surface area contributed by atoms with Crippen molar-refractivity contribution in [3.8, 4) is 11.5 Å². The molecule has 4 rings (SSSR count). The molecule has 0 aliphatic rings. The third-order valence-electron chi connectivity index (χ3n) is 5.38. The zero-order chi connectivity index (χ0) is 24.6. The molecule has 4 aromatic carbocycles. The molecule has 0 radical (unpaired) electrons. The molecular formula is C28H25BrN2O4. The number of hydrogen-bond donors (Lipinski definition) is 2. The molecule has 2 amide bonds. The number of benzene rings is 4. The van der Waals surface area contributed by atoms with Gasteiger partial charge in [0.05, 0.1) is 12.2 Å². The molecule has 1 atom stereocenters. The van der Waals surface area contributed by atoms with E-state index in [1.807, 2.05) is 72.8 Å². The van der Waals surface area contributed by atoms with Gasteiger partial charge in [0.25, 0.3) is 11.8 Å². The Hall–Kier alpha value is -3.84. The predicted octanol–water partition coefficient (Wildman–Crippen LogP) is 5.45. The van der Waals surface area contributed by atoms with Crippen LogP contribution in [0.2, 0.25) is 0 Å². The van der Waals surface area contributed by atoms with E-state index in [9.17, 15) is 9.59 Å². The fourth-order valence-electron chi connectivity index (χ4n) is 3.51. The lowest BCUT2D eigenvalue weighted by atomic mass is 10.1. The Morgan fingerprint density at radius 3 is 2.40 bits per heavy atom. The molecule has 6 nitrogen and oxygen atoms in total. The number of rotatable bonds is 8. The van der Waals surface area contributed by atoms with Gasteiger partial charge in [-0.2, -0.15) is 0 Å². The van der Waals surface area contributed by atoms with E-state index in [0.717, 1.165) is 20.8 Å². The molecule has 0 spiro atoms. The van der Waals surface area contributed by atoms with Crippen molar-refractivity contribution in [3.63, 3.8) is 0 Å². The second kappa shape index (κ2) is 11.5. The van der Waals surface area contributed by atoms with Gasteiger partial charge in [0.2, 0.25) is 0 Å². The van der Waals surface area contributed by atoms with Crippen molar-refractivity contribution in [2.45, 2.75) is 19.4 Å². The number of fused-ring (bicyclic) bond motifs is 1. The number of nitrogens with one attached hydrogen (secondary N) is 2. The summed E-state index contributed by atoms with van der Waals surface area (Å²) in [5, 5.41) is 2.10. The van der Waals surface area contributed by atoms with Crippen LogP contribution in [0.4, 0.5) is 0 Å². The van der Waals surface area contributed by atoms with Crippen molar-refractivity contribution in [3.05, 3.63) is 107 Å². The van der Waals surface area contributed by atoms with Gasteiger partial charge in [-0.25, -0.2) is 0 Å². The van der Waals surface area contributed by atoms with Crippen molar-refractivity contribution in [1.29, 1.82) is 0 Å². The molecule has 0 saturated carbocycles. The Bertz CT molecular complexity index is 1330. The summed E-state index contributed by atoms with van der Waals surface area (Å²) in [4.78, 5) is 25.4. The Labute approximate surface area is 212 Å². The van der Waals surface area contributed by atoms with Gasteiger partial charge in [-0.15, -0.1) is 0 Å². The molecule has 2 N–H and O–H groups in total. The molecule has 0 heterocycles. The molecule has 0 aliphatic heterocycles. The highest BCUT2D eigenvalue weighted by Crippen LogP contribution is 2.24. The standard InChI is InChI=1S/C28H25BrN2O4/c1-19(35-24-13-11-21-9-5-6-10-22(21)17-24)27(32)30-31-28(33)25-18-23(29)12-14-26(25)34-16-15-20-7-3-2-4-8-20/h2-14,17-19H,15-16H2,1H3,(H,30,32)(H,31,33). The van der Waals surface area contributed by atoms with E-state index in [-0.39, 0.29) is 0 Å². The highest BCUT2D eigenvalue weighted by Gasteiger charge is 2.18. The Kier molecular flexibility index (Phi) is 8.00. The molecule has 1 unspecified atom stereocenters. The summed E-state index contributed by atoms with van der Waals surface area (Å²) in [6.07, 6.45) is -0.112. The quantitative estimate of drug-likeness (QED) is 0.296. The van der Waals surface area contributed by atoms with Gasteiger partial charge >= 0.3 is 0 Å². The van der Waals surface area contributed by atoms with Crippen LogP contribution in [0.5, 0.6) is 11.5 Å². The van der Waals surface area contributed by atoms with E-state index in [1.54, 1.807) is 25.1 Å². The topological polar surface area (TPSA) is 76.7 Å². The normalized spacial score (nSPS) is 11.5. The zero-order valence-corrected chi connectivity index (χ0v) is 20.7. The summed E-state index contributed by atoms with van der Waals surface area (Å²) in [6.45, 7) is 2.03. The van der Waals surface area contributed by atoms with Crippen molar-refractivity contribution < 1.29 is 19.1 Å². The number of hydrogen-bond acceptors (Lipinski definition) is 4. The van der Waals surface area contributed by atoms with Crippen LogP contribution >= 0.6 is 15.9 Å². The lowest BCUT2D eigenvalue weighted by Crippen LogP contribution is -2.47. The van der Waals surface area contributed by atoms with Gasteiger partial charge in [-0.3, -0.25) is 20.4 Å². The van der Waals surface area contributed by atoms with Crippen molar-refractivity contribution >= 4 is 38.5 Å². The average Bonchev–Trinajstić information content (AvgIpc) is 2.88. The summed E-state index contributed by atoms with van der Waals surface area (Å²) in [6, 6.07) is 28.6. The van der Waals surface area contributed by atoms with Crippen molar-refractivity contribution in [2.24, 2.45) is 0 Å². The van der Waals surface area contributed by atoms with Crippen LogP contribution in [0.15, 0.2) is 95.5 Å². The minimum atomic E-state index is -0.819. The van der Waals surface area contributed by atoms with Gasteiger partial charge in [0.15, 0.2) is 6.10 Å². The minimum absolute atomic E-state index is 0.302. The summed E-state index contributed by atoms with van der Waals surface area (Å²) < 4.78 is 12.4. The zero-order valence-electron chi connectivity index (χ0n) is 19.2. The fourth-order valence-corrected chi connectivity index (χ4v) is 3.88. The van der Waals surface area contributed by atoms with Gasteiger partial charge < -0.3 is 9.47 Å². The molecule has 35 heavy (non-hydrogen) atoms. The molecule has 7 heteroatoms. The second-order valence-corrected chi connectivity index (χ2v) is 8.85. The van der Waals surface area contributed by atoms with Crippen LogP contribution in [0.3, 0.4) is 0 Å². The molecule has 178 valence electrons. The number of carbonyl (C=O) groups is 2. The van der Waals surface area contributed by atoms with Crippen LogP contribution < -0.4 is 20.3 Å². The fraction of sp³-hybridized carbons (Fsp3) is 0.143.